The van der Waals surface area contributed by atoms with Crippen LogP contribution >= 0.6 is 23.2 Å². The summed E-state index contributed by atoms with van der Waals surface area (Å²) in [4.78, 5) is 23.1. The Morgan fingerprint density at radius 2 is 1.70 bits per heavy atom. The quantitative estimate of drug-likeness (QED) is 0.856. The first kappa shape index (κ1) is 16.8. The summed E-state index contributed by atoms with van der Waals surface area (Å²) in [6, 6.07) is 4.67. The molecule has 1 N–H and O–H groups in total. The fourth-order valence-electron chi connectivity index (χ4n) is 1.45. The van der Waals surface area contributed by atoms with Gasteiger partial charge in [0, 0.05) is 15.7 Å². The van der Waals surface area contributed by atoms with Crippen molar-refractivity contribution < 1.29 is 14.3 Å². The third-order valence-corrected chi connectivity index (χ3v) is 2.62. The van der Waals surface area contributed by atoms with E-state index in [1.54, 1.807) is 18.2 Å². The topological polar surface area (TPSA) is 55.4 Å². The van der Waals surface area contributed by atoms with Crippen LogP contribution in [0.4, 0.5) is 5.69 Å². The van der Waals surface area contributed by atoms with Gasteiger partial charge in [0.2, 0.25) is 0 Å². The molecule has 0 saturated heterocycles. The molecule has 4 nitrogen and oxygen atoms in total. The van der Waals surface area contributed by atoms with Gasteiger partial charge in [-0.15, -0.1) is 0 Å². The van der Waals surface area contributed by atoms with E-state index < -0.39 is 11.9 Å². The average molecular weight is 318 g/mol. The molecule has 0 heterocycles. The maximum Gasteiger partial charge on any atom is 0.306 e. The number of hydrogen-bond acceptors (Lipinski definition) is 3. The molecule has 0 aliphatic heterocycles. The van der Waals surface area contributed by atoms with Crippen molar-refractivity contribution in [3.8, 4) is 0 Å². The number of benzene rings is 1. The molecule has 0 saturated carbocycles. The van der Waals surface area contributed by atoms with Crippen LogP contribution in [0.1, 0.15) is 27.2 Å². The summed E-state index contributed by atoms with van der Waals surface area (Å²) in [5.74, 6) is -0.845. The van der Waals surface area contributed by atoms with E-state index in [9.17, 15) is 9.59 Å². The highest BCUT2D eigenvalue weighted by Gasteiger charge is 2.18. The molecule has 110 valence electrons. The lowest BCUT2D eigenvalue weighted by molar-refractivity contribution is -0.149. The van der Waals surface area contributed by atoms with Gasteiger partial charge < -0.3 is 10.1 Å². The van der Waals surface area contributed by atoms with Crippen LogP contribution in [0.3, 0.4) is 0 Å². The van der Waals surface area contributed by atoms with Crippen LogP contribution in [-0.4, -0.2) is 18.5 Å². The highest BCUT2D eigenvalue weighted by atomic mass is 35.5. The molecule has 20 heavy (non-hydrogen) atoms. The normalized spacial score (nSPS) is 11.1. The molecular formula is C14H17Cl2NO3. The molecule has 0 radical (unpaired) electrons. The monoisotopic (exact) mass is 317 g/mol. The Hall–Kier alpha value is -1.26. The Labute approximate surface area is 128 Å². The zero-order valence-corrected chi connectivity index (χ0v) is 13.1. The van der Waals surface area contributed by atoms with Gasteiger partial charge >= 0.3 is 5.97 Å². The largest absolute Gasteiger partial charge is 0.456 e. The van der Waals surface area contributed by atoms with Crippen LogP contribution < -0.4 is 5.32 Å². The number of amides is 1. The first-order chi connectivity index (χ1) is 9.15. The first-order valence-corrected chi connectivity index (χ1v) is 6.83. The number of hydrogen-bond donors (Lipinski definition) is 1. The van der Waals surface area contributed by atoms with Crippen molar-refractivity contribution in [1.29, 1.82) is 0 Å². The third kappa shape index (κ3) is 6.78. The molecule has 1 amide bonds. The van der Waals surface area contributed by atoms with Crippen LogP contribution in [0.2, 0.25) is 10.0 Å². The standard InChI is InChI=1S/C14H17Cl2NO3/c1-14(2,3)7-13(19)20-8-12(18)17-11-5-9(15)4-10(16)6-11/h4-6H,7-8H2,1-3H3,(H,17,18). The second-order valence-electron chi connectivity index (χ2n) is 5.60. The molecule has 0 aromatic heterocycles. The summed E-state index contributed by atoms with van der Waals surface area (Å²) >= 11 is 11.6. The number of anilines is 1. The molecule has 6 heteroatoms. The van der Waals surface area contributed by atoms with Crippen molar-refractivity contribution in [3.05, 3.63) is 28.2 Å². The van der Waals surface area contributed by atoms with Gasteiger partial charge in [0.25, 0.3) is 5.91 Å². The van der Waals surface area contributed by atoms with Gasteiger partial charge in [0.05, 0.1) is 6.42 Å². The summed E-state index contributed by atoms with van der Waals surface area (Å²) in [5, 5.41) is 3.39. The summed E-state index contributed by atoms with van der Waals surface area (Å²) in [7, 11) is 0. The van der Waals surface area contributed by atoms with Gasteiger partial charge in [-0.1, -0.05) is 44.0 Å². The third-order valence-electron chi connectivity index (χ3n) is 2.19. The van der Waals surface area contributed by atoms with Crippen molar-refractivity contribution in [2.24, 2.45) is 5.41 Å². The Balaban J connectivity index is 2.46. The Bertz CT molecular complexity index is 489. The zero-order valence-electron chi connectivity index (χ0n) is 11.6. The molecule has 0 aliphatic rings. The lowest BCUT2D eigenvalue weighted by Crippen LogP contribution is -2.23. The van der Waals surface area contributed by atoms with Crippen molar-refractivity contribution in [2.75, 3.05) is 11.9 Å². The van der Waals surface area contributed by atoms with Crippen molar-refractivity contribution in [1.82, 2.24) is 0 Å². The molecule has 1 aromatic rings. The summed E-state index contributed by atoms with van der Waals surface area (Å²) in [5.41, 5.74) is 0.285. The van der Waals surface area contributed by atoms with Crippen LogP contribution in [0.5, 0.6) is 0 Å². The lowest BCUT2D eigenvalue weighted by Gasteiger charge is -2.16. The number of rotatable bonds is 4. The van der Waals surface area contributed by atoms with Gasteiger partial charge in [0.1, 0.15) is 0 Å². The Kier molecular flexibility index (Phi) is 5.84. The zero-order chi connectivity index (χ0) is 15.3. The molecule has 0 bridgehead atoms. The number of carbonyl (C=O) groups excluding carboxylic acids is 2. The fourth-order valence-corrected chi connectivity index (χ4v) is 1.98. The number of halogens is 2. The van der Waals surface area contributed by atoms with Gasteiger partial charge in [0.15, 0.2) is 6.61 Å². The molecular weight excluding hydrogens is 301 g/mol. The minimum absolute atomic E-state index is 0.173. The number of ether oxygens (including phenoxy) is 1. The van der Waals surface area contributed by atoms with E-state index in [2.05, 4.69) is 5.32 Å². The Morgan fingerprint density at radius 3 is 2.20 bits per heavy atom. The predicted molar refractivity (Wildman–Crippen MR) is 80.1 cm³/mol. The SMILES string of the molecule is CC(C)(C)CC(=O)OCC(=O)Nc1cc(Cl)cc(Cl)c1. The summed E-state index contributed by atoms with van der Waals surface area (Å²) in [6.45, 7) is 5.42. The molecule has 0 fully saturated rings. The van der Waals surface area contributed by atoms with Crippen molar-refractivity contribution >= 4 is 40.8 Å². The maximum absolute atomic E-state index is 11.6. The molecule has 0 unspecified atom stereocenters. The van der Waals surface area contributed by atoms with Gasteiger partial charge in [-0.25, -0.2) is 0 Å². The van der Waals surface area contributed by atoms with E-state index >= 15 is 0 Å². The second kappa shape index (κ2) is 6.95. The number of nitrogens with one attached hydrogen (secondary N) is 1. The minimum atomic E-state index is -0.439. The van der Waals surface area contributed by atoms with E-state index in [0.717, 1.165) is 0 Å². The van der Waals surface area contributed by atoms with Gasteiger partial charge in [-0.05, 0) is 23.6 Å². The molecule has 0 atom stereocenters. The molecule has 1 aromatic carbocycles. The number of carbonyl (C=O) groups is 2. The van der Waals surface area contributed by atoms with Crippen LogP contribution in [0, 0.1) is 5.41 Å². The van der Waals surface area contributed by atoms with Crippen molar-refractivity contribution in [2.45, 2.75) is 27.2 Å². The first-order valence-electron chi connectivity index (χ1n) is 6.07. The smallest absolute Gasteiger partial charge is 0.306 e. The highest BCUT2D eigenvalue weighted by molar-refractivity contribution is 6.35. The Morgan fingerprint density at radius 1 is 1.15 bits per heavy atom. The number of esters is 1. The van der Waals surface area contributed by atoms with Crippen LogP contribution in [0.25, 0.3) is 0 Å². The van der Waals surface area contributed by atoms with Gasteiger partial charge in [-0.2, -0.15) is 0 Å². The highest BCUT2D eigenvalue weighted by Crippen LogP contribution is 2.22. The average Bonchev–Trinajstić information content (AvgIpc) is 2.22. The maximum atomic E-state index is 11.6. The van der Waals surface area contributed by atoms with Gasteiger partial charge in [-0.3, -0.25) is 9.59 Å². The minimum Gasteiger partial charge on any atom is -0.456 e. The molecule has 0 spiro atoms. The van der Waals surface area contributed by atoms with Crippen LogP contribution in [0.15, 0.2) is 18.2 Å². The van der Waals surface area contributed by atoms with E-state index in [1.165, 1.54) is 0 Å². The van der Waals surface area contributed by atoms with E-state index in [4.69, 9.17) is 27.9 Å². The van der Waals surface area contributed by atoms with E-state index in [1.807, 2.05) is 20.8 Å². The second-order valence-corrected chi connectivity index (χ2v) is 6.48. The fraction of sp³-hybridized carbons (Fsp3) is 0.429. The molecule has 1 rings (SSSR count). The summed E-state index contributed by atoms with van der Waals surface area (Å²) < 4.78 is 4.90. The lowest BCUT2D eigenvalue weighted by atomic mass is 9.93. The van der Waals surface area contributed by atoms with Crippen molar-refractivity contribution in [3.63, 3.8) is 0 Å². The van der Waals surface area contributed by atoms with Crippen LogP contribution in [-0.2, 0) is 14.3 Å². The summed E-state index contributed by atoms with van der Waals surface area (Å²) in [6.07, 6.45) is 0.253. The van der Waals surface area contributed by atoms with E-state index in [-0.39, 0.29) is 18.4 Å². The molecule has 0 aliphatic carbocycles. The van der Waals surface area contributed by atoms with E-state index in [0.29, 0.717) is 15.7 Å². The predicted octanol–water partition coefficient (Wildman–Crippen LogP) is 3.91.